The molecule has 150 valence electrons. The van der Waals surface area contributed by atoms with Crippen molar-refractivity contribution in [2.45, 2.75) is 6.42 Å². The summed E-state index contributed by atoms with van der Waals surface area (Å²) in [6.45, 7) is -0.509. The van der Waals surface area contributed by atoms with Gasteiger partial charge in [0.2, 0.25) is 0 Å². The molecule has 0 bridgehead atoms. The second-order valence-electron chi connectivity index (χ2n) is 6.18. The van der Waals surface area contributed by atoms with Gasteiger partial charge in [0.05, 0.1) is 5.02 Å². The van der Waals surface area contributed by atoms with Crippen LogP contribution in [0.1, 0.15) is 11.1 Å². The van der Waals surface area contributed by atoms with E-state index >= 15 is 0 Å². The van der Waals surface area contributed by atoms with Gasteiger partial charge in [0.1, 0.15) is 5.75 Å². The third kappa shape index (κ3) is 5.18. The van der Waals surface area contributed by atoms with Gasteiger partial charge in [-0.15, -0.1) is 0 Å². The Balaban J connectivity index is 1.88. The van der Waals surface area contributed by atoms with Gasteiger partial charge in [-0.05, 0) is 46.5 Å². The minimum absolute atomic E-state index is 0.247. The van der Waals surface area contributed by atoms with Crippen LogP contribution in [0.4, 0.5) is 8.78 Å². The van der Waals surface area contributed by atoms with Crippen molar-refractivity contribution < 1.29 is 23.4 Å². The van der Waals surface area contributed by atoms with Crippen LogP contribution in [0.25, 0.3) is 11.1 Å². The third-order valence-electron chi connectivity index (χ3n) is 4.10. The lowest BCUT2D eigenvalue weighted by Crippen LogP contribution is -2.09. The highest BCUT2D eigenvalue weighted by Gasteiger charge is 2.13. The van der Waals surface area contributed by atoms with Gasteiger partial charge in [-0.1, -0.05) is 59.1 Å². The van der Waals surface area contributed by atoms with Crippen molar-refractivity contribution in [1.29, 1.82) is 0 Å². The van der Waals surface area contributed by atoms with E-state index in [1.165, 1.54) is 18.2 Å². The van der Waals surface area contributed by atoms with Gasteiger partial charge in [-0.3, -0.25) is 0 Å². The zero-order valence-electron chi connectivity index (χ0n) is 14.7. The fourth-order valence-corrected chi connectivity index (χ4v) is 3.57. The van der Waals surface area contributed by atoms with Gasteiger partial charge in [-0.2, -0.15) is 0 Å². The van der Waals surface area contributed by atoms with E-state index in [4.69, 9.17) is 44.6 Å². The van der Waals surface area contributed by atoms with Gasteiger partial charge in [0.25, 0.3) is 0 Å². The molecule has 8 heteroatoms. The summed E-state index contributed by atoms with van der Waals surface area (Å²) in [6, 6.07) is 12.6. The minimum atomic E-state index is -1.12. The summed E-state index contributed by atoms with van der Waals surface area (Å²) in [5, 5.41) is 9.03. The van der Waals surface area contributed by atoms with Crippen LogP contribution in [0.3, 0.4) is 0 Å². The third-order valence-corrected chi connectivity index (χ3v) is 5.05. The molecule has 0 atom stereocenters. The molecule has 29 heavy (non-hydrogen) atoms. The number of hydrogen-bond donors (Lipinski definition) is 1. The quantitative estimate of drug-likeness (QED) is 0.422. The number of ether oxygens (including phenoxy) is 1. The molecule has 0 saturated carbocycles. The van der Waals surface area contributed by atoms with Crippen molar-refractivity contribution >= 4 is 40.8 Å². The molecule has 0 heterocycles. The number of carbonyl (C=O) groups is 1. The number of rotatable bonds is 6. The summed E-state index contributed by atoms with van der Waals surface area (Å²) in [5.74, 6) is -2.98. The highest BCUT2D eigenvalue weighted by molar-refractivity contribution is 6.36. The maximum Gasteiger partial charge on any atom is 0.341 e. The standard InChI is InChI=1S/C21H13Cl3F2O3/c22-16-8-14(29-10-20(27)28)9-17(23)15(16)5-11-2-1-3-12(4-11)13-6-18(24)21(26)19(25)7-13/h1-4,6-9H,5,10H2,(H,27,28). The lowest BCUT2D eigenvalue weighted by Gasteiger charge is -2.12. The summed E-state index contributed by atoms with van der Waals surface area (Å²) in [7, 11) is 0. The Labute approximate surface area is 180 Å². The van der Waals surface area contributed by atoms with Crippen molar-refractivity contribution in [2.24, 2.45) is 0 Å². The lowest BCUT2D eigenvalue weighted by atomic mass is 9.99. The Bertz CT molecular complexity index is 1040. The zero-order chi connectivity index (χ0) is 21.1. The van der Waals surface area contributed by atoms with Crippen LogP contribution in [0.5, 0.6) is 5.75 Å². The summed E-state index contributed by atoms with van der Waals surface area (Å²) in [5.41, 5.74) is 2.53. The number of hydrogen-bond acceptors (Lipinski definition) is 2. The molecule has 0 aromatic heterocycles. The van der Waals surface area contributed by atoms with Crippen LogP contribution in [0.2, 0.25) is 15.1 Å². The number of aliphatic carboxylic acids is 1. The molecule has 1 N–H and O–H groups in total. The smallest absolute Gasteiger partial charge is 0.341 e. The van der Waals surface area contributed by atoms with Gasteiger partial charge < -0.3 is 9.84 Å². The maximum atomic E-state index is 13.7. The van der Waals surface area contributed by atoms with Crippen molar-refractivity contribution in [2.75, 3.05) is 6.61 Å². The average Bonchev–Trinajstić information content (AvgIpc) is 2.67. The highest BCUT2D eigenvalue weighted by Crippen LogP contribution is 2.33. The molecule has 0 aliphatic rings. The van der Waals surface area contributed by atoms with E-state index in [-0.39, 0.29) is 10.8 Å². The second-order valence-corrected chi connectivity index (χ2v) is 7.40. The van der Waals surface area contributed by atoms with E-state index in [0.717, 1.165) is 11.6 Å². The van der Waals surface area contributed by atoms with E-state index in [1.807, 2.05) is 6.07 Å². The molecule has 0 aliphatic carbocycles. The Morgan fingerprint density at radius 1 is 0.931 bits per heavy atom. The first-order chi connectivity index (χ1) is 13.7. The molecule has 0 fully saturated rings. The van der Waals surface area contributed by atoms with Crippen LogP contribution < -0.4 is 4.74 Å². The molecule has 3 aromatic rings. The molecule has 0 saturated heterocycles. The fraction of sp³-hybridized carbons (Fsp3) is 0.0952. The fourth-order valence-electron chi connectivity index (χ4n) is 2.76. The molecule has 3 rings (SSSR count). The average molecular weight is 458 g/mol. The predicted molar refractivity (Wildman–Crippen MR) is 109 cm³/mol. The Morgan fingerprint density at radius 3 is 2.24 bits per heavy atom. The molecule has 3 aromatic carbocycles. The van der Waals surface area contributed by atoms with Crippen LogP contribution in [0, 0.1) is 11.6 Å². The van der Waals surface area contributed by atoms with E-state index < -0.39 is 24.2 Å². The highest BCUT2D eigenvalue weighted by atomic mass is 35.5. The van der Waals surface area contributed by atoms with Crippen molar-refractivity contribution in [3.05, 3.63) is 86.4 Å². The number of carboxylic acid groups (broad SMARTS) is 1. The molecule has 0 radical (unpaired) electrons. The molecular weight excluding hydrogens is 445 g/mol. The van der Waals surface area contributed by atoms with Crippen LogP contribution in [-0.4, -0.2) is 17.7 Å². The maximum absolute atomic E-state index is 13.7. The first kappa shape index (κ1) is 21.4. The lowest BCUT2D eigenvalue weighted by molar-refractivity contribution is -0.139. The van der Waals surface area contributed by atoms with Crippen molar-refractivity contribution in [1.82, 2.24) is 0 Å². The van der Waals surface area contributed by atoms with Gasteiger partial charge in [0, 0.05) is 16.5 Å². The van der Waals surface area contributed by atoms with Crippen molar-refractivity contribution in [3.63, 3.8) is 0 Å². The Hall–Kier alpha value is -2.34. The largest absolute Gasteiger partial charge is 0.482 e. The van der Waals surface area contributed by atoms with E-state index in [2.05, 4.69) is 0 Å². The van der Waals surface area contributed by atoms with Crippen LogP contribution in [0.15, 0.2) is 48.5 Å². The van der Waals surface area contributed by atoms with E-state index in [0.29, 0.717) is 33.2 Å². The zero-order valence-corrected chi connectivity index (χ0v) is 17.0. The minimum Gasteiger partial charge on any atom is -0.482 e. The summed E-state index contributed by atoms with van der Waals surface area (Å²) < 4.78 is 32.2. The van der Waals surface area contributed by atoms with Gasteiger partial charge in [-0.25, -0.2) is 13.6 Å². The number of carboxylic acids is 1. The Kier molecular flexibility index (Phi) is 6.63. The van der Waals surface area contributed by atoms with E-state index in [1.54, 1.807) is 18.2 Å². The first-order valence-electron chi connectivity index (χ1n) is 8.31. The normalized spacial score (nSPS) is 10.8. The number of benzene rings is 3. The van der Waals surface area contributed by atoms with Crippen LogP contribution in [-0.2, 0) is 11.2 Å². The molecule has 0 aliphatic heterocycles. The molecule has 3 nitrogen and oxygen atoms in total. The topological polar surface area (TPSA) is 46.5 Å². The second kappa shape index (κ2) is 8.99. The van der Waals surface area contributed by atoms with Crippen molar-refractivity contribution in [3.8, 4) is 16.9 Å². The van der Waals surface area contributed by atoms with E-state index in [9.17, 15) is 13.6 Å². The molecular formula is C21H13Cl3F2O3. The number of halogens is 5. The summed E-state index contributed by atoms with van der Waals surface area (Å²) in [4.78, 5) is 10.6. The Morgan fingerprint density at radius 2 is 1.62 bits per heavy atom. The molecule has 0 amide bonds. The van der Waals surface area contributed by atoms with Crippen LogP contribution >= 0.6 is 34.8 Å². The monoisotopic (exact) mass is 456 g/mol. The first-order valence-corrected chi connectivity index (χ1v) is 9.44. The SMILES string of the molecule is O=C(O)COc1cc(Cl)c(Cc2cccc(-c3cc(F)c(F)c(Cl)c3)c2)c(Cl)c1. The molecule has 0 unspecified atom stereocenters. The molecule has 0 spiro atoms. The van der Waals surface area contributed by atoms with Gasteiger partial charge >= 0.3 is 5.97 Å². The predicted octanol–water partition coefficient (Wildman–Crippen LogP) is 6.65. The summed E-state index contributed by atoms with van der Waals surface area (Å²) in [6.07, 6.45) is 0.363. The van der Waals surface area contributed by atoms with Gasteiger partial charge in [0.15, 0.2) is 18.2 Å². The summed E-state index contributed by atoms with van der Waals surface area (Å²) >= 11 is 18.3.